The number of esters is 2. The molecule has 3 aliphatic rings. The Bertz CT molecular complexity index is 2080. The fourth-order valence-electron chi connectivity index (χ4n) is 6.68. The number of nitrogens with zero attached hydrogens (tertiary/aromatic N) is 2. The monoisotopic (exact) mass is 898 g/mol. The van der Waals surface area contributed by atoms with E-state index in [4.69, 9.17) is 33.2 Å². The van der Waals surface area contributed by atoms with Crippen LogP contribution in [0.4, 0.5) is 0 Å². The van der Waals surface area contributed by atoms with E-state index in [0.717, 1.165) is 78.9 Å². The number of aromatic amines is 2. The largest absolute Gasteiger partial charge is 0.495 e. The molecular formula is C43H60BIN4O8. The van der Waals surface area contributed by atoms with E-state index < -0.39 is 18.3 Å². The number of carbonyl (C=O) groups is 2. The molecule has 310 valence electrons. The topological polar surface area (TPSA) is 147 Å². The molecule has 0 radical (unpaired) electrons. The molecular weight excluding hydrogens is 838 g/mol. The first-order valence-corrected chi connectivity index (χ1v) is 19.8. The van der Waals surface area contributed by atoms with Gasteiger partial charge in [-0.25, -0.2) is 19.6 Å². The van der Waals surface area contributed by atoms with Crippen molar-refractivity contribution in [3.63, 3.8) is 0 Å². The van der Waals surface area contributed by atoms with Crippen LogP contribution in [0.1, 0.15) is 115 Å². The van der Waals surface area contributed by atoms with Crippen molar-refractivity contribution in [1.82, 2.24) is 19.9 Å². The van der Waals surface area contributed by atoms with Gasteiger partial charge in [-0.2, -0.15) is 0 Å². The highest BCUT2D eigenvalue weighted by atomic mass is 127. The molecule has 0 aliphatic carbocycles. The molecule has 3 fully saturated rings. The molecule has 0 spiro atoms. The predicted octanol–water partition coefficient (Wildman–Crippen LogP) is 7.71. The van der Waals surface area contributed by atoms with Crippen LogP contribution in [0.15, 0.2) is 24.3 Å². The summed E-state index contributed by atoms with van der Waals surface area (Å²) in [6.45, 7) is 27.2. The van der Waals surface area contributed by atoms with Crippen LogP contribution in [0, 0.1) is 45.2 Å². The molecule has 5 heterocycles. The maximum absolute atomic E-state index is 12.0. The summed E-state index contributed by atoms with van der Waals surface area (Å²) >= 11 is 2.24. The van der Waals surface area contributed by atoms with Crippen molar-refractivity contribution < 1.29 is 37.8 Å². The number of benzene rings is 2. The number of imidazole rings is 2. The second-order valence-corrected chi connectivity index (χ2v) is 17.8. The molecule has 2 aromatic heterocycles. The van der Waals surface area contributed by atoms with Gasteiger partial charge in [0.25, 0.3) is 0 Å². The zero-order valence-electron chi connectivity index (χ0n) is 35.3. The summed E-state index contributed by atoms with van der Waals surface area (Å²) < 4.78 is 33.4. The van der Waals surface area contributed by atoms with E-state index in [9.17, 15) is 9.59 Å². The highest BCUT2D eigenvalue weighted by Crippen LogP contribution is 2.37. The quantitative estimate of drug-likeness (QED) is 0.112. The van der Waals surface area contributed by atoms with Crippen molar-refractivity contribution in [3.05, 3.63) is 84.4 Å². The number of hydrogen-bond donors (Lipinski definition) is 2. The van der Waals surface area contributed by atoms with Crippen molar-refractivity contribution in [2.24, 2.45) is 0 Å². The molecule has 0 bridgehead atoms. The molecule has 3 saturated heterocycles. The Morgan fingerprint density at radius 1 is 0.667 bits per heavy atom. The van der Waals surface area contributed by atoms with Crippen molar-refractivity contribution in [2.75, 3.05) is 40.6 Å². The summed E-state index contributed by atoms with van der Waals surface area (Å²) in [4.78, 5) is 39.8. The number of nitrogens with one attached hydrogen (secondary N) is 2. The lowest BCUT2D eigenvalue weighted by Crippen LogP contribution is -2.44. The van der Waals surface area contributed by atoms with E-state index in [0.29, 0.717) is 24.3 Å². The SMILES string of the molecule is C.COC(=O)c1cc(-c2nc(C3(C)COC3)[nH]c2C)c(C)cc1C.COC(=O)c1cc(B2OC(C)(C)C(C)(C)O2)c(C)cc1C.Cc1[nH]c(C2(C)COC2)nc1I. The summed E-state index contributed by atoms with van der Waals surface area (Å²) in [5.41, 5.74) is 9.20. The zero-order valence-corrected chi connectivity index (χ0v) is 37.4. The van der Waals surface area contributed by atoms with Crippen LogP contribution in [0.3, 0.4) is 0 Å². The number of aromatic nitrogens is 4. The standard InChI is InChI=1S/C18H22N2O3.C16H23BO4.C8H11IN2O.CH4/c1-10-6-11(2)14(16(21)22-5)7-13(10)15-12(3)19-17(20-15)18(4)8-23-9-18;1-10-8-11(2)13(9-12(10)14(18)19-7)17-20-15(3,4)16(5,6)21-17;1-5-6(9)11-7(10-5)8(2)3-12-4-8;/h6-7H,8-9H2,1-5H3,(H,19,20);8-9H,1-7H3;3-4H2,1-2H3,(H,10,11);1H4. The molecule has 14 heteroatoms. The van der Waals surface area contributed by atoms with Crippen LogP contribution < -0.4 is 5.46 Å². The Balaban J connectivity index is 0.000000196. The second-order valence-electron chi connectivity index (χ2n) is 16.7. The first-order valence-electron chi connectivity index (χ1n) is 18.8. The number of ether oxygens (including phenoxy) is 4. The van der Waals surface area contributed by atoms with E-state index in [1.807, 2.05) is 93.5 Å². The Kier molecular flexibility index (Phi) is 14.0. The van der Waals surface area contributed by atoms with Crippen molar-refractivity contribution >= 4 is 47.1 Å². The van der Waals surface area contributed by atoms with Gasteiger partial charge in [0.15, 0.2) is 0 Å². The Morgan fingerprint density at radius 3 is 1.53 bits per heavy atom. The van der Waals surface area contributed by atoms with Crippen LogP contribution in [-0.2, 0) is 39.1 Å². The Morgan fingerprint density at radius 2 is 1.11 bits per heavy atom. The third-order valence-electron chi connectivity index (χ3n) is 11.3. The lowest BCUT2D eigenvalue weighted by atomic mass is 9.75. The van der Waals surface area contributed by atoms with Crippen LogP contribution in [0.2, 0.25) is 0 Å². The summed E-state index contributed by atoms with van der Waals surface area (Å²) in [6, 6.07) is 7.66. The first-order chi connectivity index (χ1) is 26.1. The molecule has 2 aromatic carbocycles. The van der Waals surface area contributed by atoms with Gasteiger partial charge >= 0.3 is 19.1 Å². The van der Waals surface area contributed by atoms with E-state index in [1.165, 1.54) is 14.2 Å². The van der Waals surface area contributed by atoms with Crippen LogP contribution in [-0.4, -0.2) is 90.8 Å². The van der Waals surface area contributed by atoms with Gasteiger partial charge in [-0.3, -0.25) is 0 Å². The minimum atomic E-state index is -0.473. The lowest BCUT2D eigenvalue weighted by Gasteiger charge is -2.36. The average Bonchev–Trinajstić information content (AvgIpc) is 3.72. The highest BCUT2D eigenvalue weighted by Gasteiger charge is 2.52. The number of hydrogen-bond acceptors (Lipinski definition) is 10. The smallest absolute Gasteiger partial charge is 0.465 e. The van der Waals surface area contributed by atoms with Gasteiger partial charge in [0.2, 0.25) is 0 Å². The number of carbonyl (C=O) groups excluding carboxylic acids is 2. The number of methoxy groups -OCH3 is 2. The summed E-state index contributed by atoms with van der Waals surface area (Å²) in [5.74, 6) is 1.34. The summed E-state index contributed by atoms with van der Waals surface area (Å²) in [5, 5.41) is 0. The number of rotatable bonds is 6. The highest BCUT2D eigenvalue weighted by molar-refractivity contribution is 14.1. The van der Waals surface area contributed by atoms with Gasteiger partial charge in [-0.15, -0.1) is 0 Å². The molecule has 4 aromatic rings. The third kappa shape index (κ3) is 9.35. The van der Waals surface area contributed by atoms with E-state index >= 15 is 0 Å². The van der Waals surface area contributed by atoms with Gasteiger partial charge in [0.1, 0.15) is 15.3 Å². The van der Waals surface area contributed by atoms with E-state index in [-0.39, 0.29) is 30.2 Å². The van der Waals surface area contributed by atoms with Gasteiger partial charge < -0.3 is 38.2 Å². The van der Waals surface area contributed by atoms with Gasteiger partial charge in [-0.1, -0.05) is 25.1 Å². The molecule has 0 amide bonds. The molecule has 7 rings (SSSR count). The van der Waals surface area contributed by atoms with E-state index in [2.05, 4.69) is 51.4 Å². The van der Waals surface area contributed by atoms with Crippen LogP contribution >= 0.6 is 22.6 Å². The predicted molar refractivity (Wildman–Crippen MR) is 232 cm³/mol. The van der Waals surface area contributed by atoms with E-state index in [1.54, 1.807) is 0 Å². The fraction of sp³-hybridized carbons (Fsp3) is 0.535. The Hall–Kier alpha value is -3.57. The van der Waals surface area contributed by atoms with Gasteiger partial charge in [0, 0.05) is 17.0 Å². The molecule has 12 nitrogen and oxygen atoms in total. The van der Waals surface area contributed by atoms with Gasteiger partial charge in [-0.05, 0) is 140 Å². The first kappa shape index (κ1) is 46.1. The second kappa shape index (κ2) is 17.3. The average molecular weight is 899 g/mol. The number of aryl methyl sites for hydroxylation is 6. The molecule has 57 heavy (non-hydrogen) atoms. The lowest BCUT2D eigenvalue weighted by molar-refractivity contribution is -0.0540. The maximum Gasteiger partial charge on any atom is 0.495 e. The van der Waals surface area contributed by atoms with Crippen LogP contribution in [0.25, 0.3) is 11.3 Å². The third-order valence-corrected chi connectivity index (χ3v) is 12.3. The summed E-state index contributed by atoms with van der Waals surface area (Å²) in [7, 11) is 2.31. The molecule has 0 saturated carbocycles. The fourth-order valence-corrected chi connectivity index (χ4v) is 7.06. The van der Waals surface area contributed by atoms with Crippen molar-refractivity contribution in [2.45, 2.75) is 113 Å². The van der Waals surface area contributed by atoms with Crippen LogP contribution in [0.5, 0.6) is 0 Å². The van der Waals surface area contributed by atoms with Gasteiger partial charge in [0.05, 0.1) is 79.5 Å². The van der Waals surface area contributed by atoms with Crippen molar-refractivity contribution in [3.8, 4) is 11.3 Å². The zero-order chi connectivity index (χ0) is 41.5. The van der Waals surface area contributed by atoms with Crippen molar-refractivity contribution in [1.29, 1.82) is 0 Å². The normalized spacial score (nSPS) is 18.1. The summed E-state index contributed by atoms with van der Waals surface area (Å²) in [6.07, 6.45) is 0. The minimum Gasteiger partial charge on any atom is -0.465 e. The molecule has 2 N–H and O–H groups in total. The molecule has 0 atom stereocenters. The maximum atomic E-state index is 12.0. The number of halogens is 1. The molecule has 0 unspecified atom stereocenters. The molecule has 3 aliphatic heterocycles. The number of H-pyrrole nitrogens is 2. The minimum absolute atomic E-state index is 0. The Labute approximate surface area is 352 Å².